The lowest BCUT2D eigenvalue weighted by molar-refractivity contribution is -0.101. The number of rotatable bonds is 11. The molecule has 8 heteroatoms. The average molecular weight is 583 g/mol. The Bertz CT molecular complexity index is 1220. The van der Waals surface area contributed by atoms with Crippen LogP contribution in [0, 0.1) is 17.6 Å². The minimum Gasteiger partial charge on any atom is -0.414 e. The molecule has 0 aliphatic heterocycles. The van der Waals surface area contributed by atoms with Crippen molar-refractivity contribution in [2.75, 3.05) is 0 Å². The van der Waals surface area contributed by atoms with Gasteiger partial charge < -0.3 is 4.74 Å². The lowest BCUT2D eigenvalue weighted by Crippen LogP contribution is -2.33. The zero-order chi connectivity index (χ0) is 28.9. The van der Waals surface area contributed by atoms with Crippen molar-refractivity contribution in [2.45, 2.75) is 82.1 Å². The van der Waals surface area contributed by atoms with Crippen LogP contribution in [0.25, 0.3) is 11.1 Å². The number of hydrogen-bond acceptors (Lipinski definition) is 1. The van der Waals surface area contributed by atoms with Gasteiger partial charge in [-0.25, -0.2) is 17.6 Å². The highest BCUT2D eigenvalue weighted by Crippen LogP contribution is 2.44. The van der Waals surface area contributed by atoms with Gasteiger partial charge in [0.05, 0.1) is 0 Å². The fourth-order valence-corrected chi connectivity index (χ4v) is 5.63. The van der Waals surface area contributed by atoms with Crippen molar-refractivity contribution >= 4 is 11.6 Å². The van der Waals surface area contributed by atoms with Crippen molar-refractivity contribution in [3.05, 3.63) is 89.0 Å². The second kappa shape index (κ2) is 12.9. The molecule has 1 saturated carbocycles. The second-order valence-corrected chi connectivity index (χ2v) is 11.1. The van der Waals surface area contributed by atoms with Gasteiger partial charge in [-0.05, 0) is 84.4 Å². The number of alkyl halides is 5. The van der Waals surface area contributed by atoms with E-state index in [-0.39, 0.29) is 5.56 Å². The summed E-state index contributed by atoms with van der Waals surface area (Å²) in [6.07, 6.45) is 6.56. The van der Waals surface area contributed by atoms with Crippen molar-refractivity contribution in [1.29, 1.82) is 0 Å². The van der Waals surface area contributed by atoms with E-state index in [4.69, 9.17) is 0 Å². The van der Waals surface area contributed by atoms with Gasteiger partial charge in [0, 0.05) is 23.9 Å². The highest BCUT2D eigenvalue weighted by Gasteiger charge is 2.41. The summed E-state index contributed by atoms with van der Waals surface area (Å²) < 4.78 is 88.3. The third-order valence-corrected chi connectivity index (χ3v) is 7.86. The maximum absolute atomic E-state index is 15.2. The molecule has 1 aliphatic rings. The highest BCUT2D eigenvalue weighted by molar-refractivity contribution is 6.20. The van der Waals surface area contributed by atoms with E-state index >= 15 is 8.78 Å². The van der Waals surface area contributed by atoms with Gasteiger partial charge >= 0.3 is 5.57 Å². The minimum atomic E-state index is -4.27. The van der Waals surface area contributed by atoms with Crippen molar-refractivity contribution in [3.63, 3.8) is 0 Å². The quantitative estimate of drug-likeness (QED) is 0.124. The van der Waals surface area contributed by atoms with Crippen molar-refractivity contribution in [2.24, 2.45) is 5.92 Å². The molecule has 4 rings (SSSR count). The fourth-order valence-electron chi connectivity index (χ4n) is 5.56. The fraction of sp³-hybridized carbons (Fsp3) is 0.438. The first-order chi connectivity index (χ1) is 18.9. The van der Waals surface area contributed by atoms with Gasteiger partial charge in [-0.3, -0.25) is 0 Å². The maximum atomic E-state index is 15.2. The second-order valence-electron chi connectivity index (χ2n) is 10.7. The molecule has 0 aromatic heterocycles. The summed E-state index contributed by atoms with van der Waals surface area (Å²) in [7, 11) is 0. The van der Waals surface area contributed by atoms with Gasteiger partial charge in [-0.15, -0.1) is 8.78 Å². The summed E-state index contributed by atoms with van der Waals surface area (Å²) in [5.41, 5.74) is -0.940. The van der Waals surface area contributed by atoms with Gasteiger partial charge in [-0.2, -0.15) is 0 Å². The number of aryl methyl sites for hydroxylation is 1. The highest BCUT2D eigenvalue weighted by atomic mass is 35.5. The van der Waals surface area contributed by atoms with E-state index in [0.717, 1.165) is 31.4 Å². The third kappa shape index (κ3) is 7.96. The summed E-state index contributed by atoms with van der Waals surface area (Å²) >= 11 is 4.60. The molecule has 0 heterocycles. The molecule has 3 aromatic carbocycles. The first-order valence-corrected chi connectivity index (χ1v) is 14.1. The number of hydrogen-bond donors (Lipinski definition) is 0. The predicted molar refractivity (Wildman–Crippen MR) is 146 cm³/mol. The van der Waals surface area contributed by atoms with Crippen LogP contribution in [0.4, 0.5) is 26.3 Å². The van der Waals surface area contributed by atoms with E-state index in [0.29, 0.717) is 29.9 Å². The molecule has 1 nitrogen and oxygen atoms in total. The number of ether oxygens (including phenoxy) is 1. The Hall–Kier alpha value is -2.67. The molecular formula is C32H33ClF6O. The first-order valence-electron chi connectivity index (χ1n) is 13.8. The lowest BCUT2D eigenvalue weighted by Gasteiger charge is -2.34. The molecule has 0 N–H and O–H groups in total. The molecule has 216 valence electrons. The predicted octanol–water partition coefficient (Wildman–Crippen LogP) is 10.7. The molecule has 0 saturated heterocycles. The molecule has 1 aliphatic carbocycles. The number of unbranched alkanes of at least 4 members (excludes halogenated alkanes) is 2. The van der Waals surface area contributed by atoms with Crippen LogP contribution in [-0.4, -0.2) is 11.5 Å². The maximum Gasteiger partial charge on any atom is 0.487 e. The van der Waals surface area contributed by atoms with Gasteiger partial charge in [-0.1, -0.05) is 68.3 Å². The Kier molecular flexibility index (Phi) is 9.76. The molecule has 1 fully saturated rings. The van der Waals surface area contributed by atoms with E-state index in [9.17, 15) is 17.6 Å². The third-order valence-electron chi connectivity index (χ3n) is 7.79. The molecule has 3 aromatic rings. The van der Waals surface area contributed by atoms with Crippen LogP contribution in [-0.2, 0) is 12.8 Å². The Morgan fingerprint density at radius 1 is 0.775 bits per heavy atom. The van der Waals surface area contributed by atoms with Gasteiger partial charge in [0.1, 0.15) is 0 Å². The van der Waals surface area contributed by atoms with Crippen LogP contribution in [0.2, 0.25) is 0 Å². The largest absolute Gasteiger partial charge is 0.487 e. The van der Waals surface area contributed by atoms with Crippen LogP contribution in [0.3, 0.4) is 0 Å². The summed E-state index contributed by atoms with van der Waals surface area (Å²) in [4.78, 5) is 0. The minimum absolute atomic E-state index is 0.0471. The number of benzene rings is 3. The van der Waals surface area contributed by atoms with Gasteiger partial charge in [0.15, 0.2) is 17.4 Å². The molecule has 0 spiro atoms. The molecule has 0 bridgehead atoms. The van der Waals surface area contributed by atoms with Crippen LogP contribution in [0.1, 0.15) is 74.5 Å². The van der Waals surface area contributed by atoms with E-state index in [1.807, 2.05) is 0 Å². The molecular weight excluding hydrogens is 550 g/mol. The standard InChI is InChI=1S/C32H33ClF6O/c1-2-3-4-5-21-6-10-23(11-7-21)24-14-16-27(17-15-24)31(36,37)20-22-8-12-25(13-9-22)26-18-28(34)30(29(35)19-26)40-32(33,38)39/h6-13,18-19,24,27H,2-5,14-17,20H2,1H3. The van der Waals surface area contributed by atoms with E-state index in [2.05, 4.69) is 47.5 Å². The summed E-state index contributed by atoms with van der Waals surface area (Å²) in [5.74, 6) is -7.32. The van der Waals surface area contributed by atoms with Crippen LogP contribution >= 0.6 is 11.6 Å². The van der Waals surface area contributed by atoms with Crippen molar-refractivity contribution < 1.29 is 31.1 Å². The Balaban J connectivity index is 1.34. The van der Waals surface area contributed by atoms with Crippen LogP contribution in [0.15, 0.2) is 60.7 Å². The normalized spacial score (nSPS) is 18.1. The Morgan fingerprint density at radius 3 is 1.90 bits per heavy atom. The molecule has 0 atom stereocenters. The Labute approximate surface area is 236 Å². The summed E-state index contributed by atoms with van der Waals surface area (Å²) in [5, 5.41) is 0. The summed E-state index contributed by atoms with van der Waals surface area (Å²) in [6, 6.07) is 16.2. The van der Waals surface area contributed by atoms with Crippen molar-refractivity contribution in [1.82, 2.24) is 0 Å². The lowest BCUT2D eigenvalue weighted by atomic mass is 9.75. The zero-order valence-electron chi connectivity index (χ0n) is 22.3. The van der Waals surface area contributed by atoms with Crippen LogP contribution in [0.5, 0.6) is 5.75 Å². The molecule has 40 heavy (non-hydrogen) atoms. The Morgan fingerprint density at radius 2 is 1.35 bits per heavy atom. The van der Waals surface area contributed by atoms with Gasteiger partial charge in [0.25, 0.3) is 5.92 Å². The molecule has 0 unspecified atom stereocenters. The van der Waals surface area contributed by atoms with Gasteiger partial charge in [0.2, 0.25) is 0 Å². The number of halogens is 7. The summed E-state index contributed by atoms with van der Waals surface area (Å²) in [6.45, 7) is 2.18. The first kappa shape index (κ1) is 30.3. The van der Waals surface area contributed by atoms with E-state index in [1.165, 1.54) is 54.7 Å². The van der Waals surface area contributed by atoms with Crippen molar-refractivity contribution in [3.8, 4) is 16.9 Å². The topological polar surface area (TPSA) is 9.23 Å². The molecule has 0 amide bonds. The average Bonchev–Trinajstić information content (AvgIpc) is 2.91. The zero-order valence-corrected chi connectivity index (χ0v) is 23.1. The smallest absolute Gasteiger partial charge is 0.414 e. The monoisotopic (exact) mass is 582 g/mol. The van der Waals surface area contributed by atoms with Crippen LogP contribution < -0.4 is 4.74 Å². The van der Waals surface area contributed by atoms with E-state index < -0.39 is 41.2 Å². The SMILES string of the molecule is CCCCCc1ccc(C2CCC(C(F)(F)Cc3ccc(-c4cc(F)c(OC(F)(F)Cl)c(F)c4)cc3)CC2)cc1. The van der Waals surface area contributed by atoms with E-state index in [1.54, 1.807) is 0 Å². The molecule has 0 radical (unpaired) electrons.